The predicted molar refractivity (Wildman–Crippen MR) is 267 cm³/mol. The zero-order valence-electron chi connectivity index (χ0n) is 35.2. The normalized spacial score (nSPS) is 9.98. The van der Waals surface area contributed by atoms with E-state index in [1.165, 1.54) is 53.4 Å². The Balaban J connectivity index is 0.000000204. The summed E-state index contributed by atoms with van der Waals surface area (Å²) in [6.45, 7) is 2.45. The molecule has 0 unspecified atom stereocenters. The molecule has 63 heavy (non-hydrogen) atoms. The second-order valence-electron chi connectivity index (χ2n) is 13.9. The van der Waals surface area contributed by atoms with Crippen molar-refractivity contribution in [1.29, 1.82) is 0 Å². The van der Waals surface area contributed by atoms with E-state index in [0.29, 0.717) is 0 Å². The van der Waals surface area contributed by atoms with Gasteiger partial charge in [-0.2, -0.15) is 0 Å². The summed E-state index contributed by atoms with van der Waals surface area (Å²) in [5, 5.41) is 28.7. The summed E-state index contributed by atoms with van der Waals surface area (Å²) in [7, 11) is -1.94. The van der Waals surface area contributed by atoms with E-state index >= 15 is 0 Å². The molecule has 1 heterocycles. The fourth-order valence-corrected chi connectivity index (χ4v) is 11.8. The van der Waals surface area contributed by atoms with Crippen LogP contribution in [0.3, 0.4) is 0 Å². The van der Waals surface area contributed by atoms with E-state index in [9.17, 15) is 0 Å². The molecule has 1 aromatic heterocycles. The smallest absolute Gasteiger partial charge is 0.672 e. The first kappa shape index (κ1) is 49.5. The van der Waals surface area contributed by atoms with Gasteiger partial charge in [0.25, 0.3) is 11.9 Å². The van der Waals surface area contributed by atoms with E-state index in [1.807, 2.05) is 18.2 Å². The van der Waals surface area contributed by atoms with Gasteiger partial charge in [-0.25, -0.2) is 0 Å². The number of fused-ring (bicyclic) bond motifs is 2. The molecule has 3 N–H and O–H groups in total. The maximum Gasteiger partial charge on any atom is 1.00 e. The maximum atomic E-state index is 9.00. The summed E-state index contributed by atoms with van der Waals surface area (Å²) in [6, 6.07) is 80.2. The number of aliphatic carboxylic acids is 2. The monoisotopic (exact) mass is 955 g/mol. The van der Waals surface area contributed by atoms with E-state index in [-0.39, 0.29) is 26.0 Å². The number of rotatable bonds is 7. The first-order valence-electron chi connectivity index (χ1n) is 20.1. The van der Waals surface area contributed by atoms with Gasteiger partial charge in [0.1, 0.15) is 31.8 Å². The molecule has 0 atom stereocenters. The molecule has 0 amide bonds. The van der Waals surface area contributed by atoms with E-state index in [1.54, 1.807) is 6.20 Å². The van der Waals surface area contributed by atoms with E-state index in [2.05, 4.69) is 211 Å². The fraction of sp³-hybridized carbons (Fsp3) is 0.0556. The van der Waals surface area contributed by atoms with Crippen LogP contribution < -0.4 is 31.8 Å². The molecule has 0 fully saturated rings. The Morgan fingerprint density at radius 1 is 0.413 bits per heavy atom. The maximum absolute atomic E-state index is 9.00. The third-order valence-electron chi connectivity index (χ3n) is 9.23. The standard InChI is InChI=1S/2C22H17P.C6H7N2.2C2H4O2.Ru/c2*1-3-11-20(12-4-1)23(21-13-5-2-6-14-21)22-16-15-18-9-7-8-10-19(18)17-22;7-5-6-3-1-2-4-8-6;2*1-2(3)4;/h2*1-17H;1-4,7H,5H2;2*1H3,(H,3,4);/q;;-1;;;+1/p+2. The predicted octanol–water partition coefficient (Wildman–Crippen LogP) is 10.5. The summed E-state index contributed by atoms with van der Waals surface area (Å²) >= 11 is 0. The Hall–Kier alpha value is -6.19. The molecule has 1 radical (unpaired) electrons. The number of carbonyl (C=O) groups is 2. The molecule has 0 saturated carbocycles. The number of hydrogen-bond acceptors (Lipinski definition) is 3. The van der Waals surface area contributed by atoms with Crippen LogP contribution in [0.5, 0.6) is 0 Å². The third kappa shape index (κ3) is 16.2. The van der Waals surface area contributed by atoms with Gasteiger partial charge in [-0.3, -0.25) is 14.6 Å². The van der Waals surface area contributed by atoms with Gasteiger partial charge in [0.2, 0.25) is 0 Å². The van der Waals surface area contributed by atoms with Crippen molar-refractivity contribution in [3.8, 4) is 0 Å². The van der Waals surface area contributed by atoms with Gasteiger partial charge in [-0.15, -0.1) is 6.54 Å². The van der Waals surface area contributed by atoms with Crippen LogP contribution in [0, 0.1) is 0 Å². The van der Waals surface area contributed by atoms with Gasteiger partial charge in [0.15, 0.2) is 0 Å². The first-order valence-corrected chi connectivity index (χ1v) is 23.1. The van der Waals surface area contributed by atoms with Gasteiger partial charge in [0.05, 0.1) is 15.8 Å². The summed E-state index contributed by atoms with van der Waals surface area (Å²) < 4.78 is 0. The van der Waals surface area contributed by atoms with Crippen LogP contribution >= 0.6 is 15.8 Å². The largest absolute Gasteiger partial charge is 1.00 e. The summed E-state index contributed by atoms with van der Waals surface area (Å²) in [6.07, 6.45) is 1.70. The molecular formula is C54H51N2O4P2Ru+2. The van der Waals surface area contributed by atoms with Crippen molar-refractivity contribution < 1.29 is 39.3 Å². The number of aromatic nitrogens is 1. The van der Waals surface area contributed by atoms with Crippen LogP contribution in [0.1, 0.15) is 19.5 Å². The fourth-order valence-electron chi connectivity index (χ4n) is 6.61. The topological polar surface area (TPSA) is 111 Å². The van der Waals surface area contributed by atoms with Crippen LogP contribution in [0.2, 0.25) is 0 Å². The van der Waals surface area contributed by atoms with Crippen LogP contribution in [0.25, 0.3) is 27.3 Å². The molecule has 8 aromatic carbocycles. The molecule has 0 aliphatic heterocycles. The number of nitrogens with zero attached hydrogens (tertiary/aromatic N) is 1. The minimum atomic E-state index is -0.968. The SMILES string of the molecule is CC(=O)O.CC(=O)O.[NH-]Cc1ccccn1.[Ru+].c1ccc([PH+](c2ccccc2)c2ccc3ccccc3c2)cc1.c1ccc([PH+](c2ccccc2)c2ccc3ccccc3c2)cc1. The number of nitrogens with one attached hydrogen (secondary N) is 1. The van der Waals surface area contributed by atoms with E-state index < -0.39 is 27.8 Å². The third-order valence-corrected chi connectivity index (χ3v) is 14.7. The van der Waals surface area contributed by atoms with E-state index in [0.717, 1.165) is 19.5 Å². The number of carboxylic acids is 2. The first-order chi connectivity index (χ1) is 30.2. The van der Waals surface area contributed by atoms with Crippen molar-refractivity contribution in [3.05, 3.63) is 242 Å². The van der Waals surface area contributed by atoms with Crippen molar-refractivity contribution in [1.82, 2.24) is 4.98 Å². The van der Waals surface area contributed by atoms with Crippen molar-refractivity contribution in [2.24, 2.45) is 0 Å². The molecule has 9 heteroatoms. The zero-order chi connectivity index (χ0) is 43.9. The Morgan fingerprint density at radius 2 is 0.698 bits per heavy atom. The van der Waals surface area contributed by atoms with Crippen molar-refractivity contribution >= 4 is 81.2 Å². The van der Waals surface area contributed by atoms with Crippen molar-refractivity contribution in [2.75, 3.05) is 0 Å². The summed E-state index contributed by atoms with van der Waals surface area (Å²) in [4.78, 5) is 21.9. The Bertz CT molecular complexity index is 2460. The molecular weight excluding hydrogens is 904 g/mol. The van der Waals surface area contributed by atoms with E-state index in [4.69, 9.17) is 25.5 Å². The van der Waals surface area contributed by atoms with Gasteiger partial charge in [0, 0.05) is 25.7 Å². The van der Waals surface area contributed by atoms with Crippen LogP contribution in [0.4, 0.5) is 0 Å². The quantitative estimate of drug-likeness (QED) is 0.122. The molecule has 0 aliphatic rings. The van der Waals surface area contributed by atoms with Gasteiger partial charge in [-0.1, -0.05) is 140 Å². The second-order valence-corrected chi connectivity index (χ2v) is 18.8. The van der Waals surface area contributed by atoms with Crippen LogP contribution in [-0.4, -0.2) is 27.1 Å². The number of benzene rings is 8. The molecule has 0 aliphatic carbocycles. The van der Waals surface area contributed by atoms with Crippen molar-refractivity contribution in [2.45, 2.75) is 20.4 Å². The van der Waals surface area contributed by atoms with Crippen LogP contribution in [-0.2, 0) is 35.6 Å². The minimum absolute atomic E-state index is 0. The summed E-state index contributed by atoms with van der Waals surface area (Å²) in [5.41, 5.74) is 7.71. The van der Waals surface area contributed by atoms with Gasteiger partial charge >= 0.3 is 19.5 Å². The van der Waals surface area contributed by atoms with Gasteiger partial charge < -0.3 is 15.9 Å². The Labute approximate surface area is 385 Å². The Morgan fingerprint density at radius 3 is 0.968 bits per heavy atom. The molecule has 0 spiro atoms. The molecule has 6 nitrogen and oxygen atoms in total. The second kappa shape index (κ2) is 27.0. The average molecular weight is 955 g/mol. The minimum Gasteiger partial charge on any atom is -0.672 e. The molecule has 0 saturated heterocycles. The molecule has 9 rings (SSSR count). The Kier molecular flexibility index (Phi) is 21.2. The molecule has 9 aromatic rings. The van der Waals surface area contributed by atoms with Crippen molar-refractivity contribution in [3.63, 3.8) is 0 Å². The number of hydrogen-bond donors (Lipinski definition) is 2. The average Bonchev–Trinajstić information content (AvgIpc) is 3.31. The van der Waals surface area contributed by atoms with Crippen LogP contribution in [0.15, 0.2) is 231 Å². The zero-order valence-corrected chi connectivity index (χ0v) is 38.9. The molecule has 0 bridgehead atoms. The summed E-state index contributed by atoms with van der Waals surface area (Å²) in [5.74, 6) is -1.67. The number of carboxylic acid groups (broad SMARTS) is 2. The molecule has 317 valence electrons. The van der Waals surface area contributed by atoms with Gasteiger partial charge in [-0.05, 0) is 106 Å². The number of pyridine rings is 1.